The first-order valence-electron chi connectivity index (χ1n) is 4.68. The summed E-state index contributed by atoms with van der Waals surface area (Å²) in [7, 11) is 0. The highest BCUT2D eigenvalue weighted by Crippen LogP contribution is 2.28. The Kier molecular flexibility index (Phi) is 2.90. The number of aromatic amines is 1. The Bertz CT molecular complexity index is 210. The lowest BCUT2D eigenvalue weighted by atomic mass is 9.80. The largest absolute Gasteiger partial charge is 0.351 e. The van der Waals surface area contributed by atoms with Crippen LogP contribution in [0.15, 0.2) is 12.5 Å². The topological polar surface area (TPSA) is 28.7 Å². The second-order valence-electron chi connectivity index (χ2n) is 3.76. The van der Waals surface area contributed by atoms with E-state index in [1.54, 1.807) is 6.33 Å². The molecule has 1 rings (SSSR count). The van der Waals surface area contributed by atoms with Crippen LogP contribution in [0.2, 0.25) is 0 Å². The molecule has 0 aromatic carbocycles. The van der Waals surface area contributed by atoms with Crippen molar-refractivity contribution in [1.82, 2.24) is 9.97 Å². The average Bonchev–Trinajstić information content (AvgIpc) is 2.57. The van der Waals surface area contributed by atoms with Crippen molar-refractivity contribution in [2.24, 2.45) is 5.41 Å². The predicted molar refractivity (Wildman–Crippen MR) is 51.0 cm³/mol. The van der Waals surface area contributed by atoms with Gasteiger partial charge in [-0.15, -0.1) is 0 Å². The van der Waals surface area contributed by atoms with Crippen molar-refractivity contribution in [3.05, 3.63) is 18.2 Å². The molecular formula is C10H18N2. The summed E-state index contributed by atoms with van der Waals surface area (Å²) in [5.41, 5.74) is 1.61. The minimum Gasteiger partial charge on any atom is -0.351 e. The van der Waals surface area contributed by atoms with E-state index in [9.17, 15) is 0 Å². The van der Waals surface area contributed by atoms with Crippen molar-refractivity contribution in [3.63, 3.8) is 0 Å². The van der Waals surface area contributed by atoms with Crippen LogP contribution in [-0.2, 0) is 6.42 Å². The summed E-state index contributed by atoms with van der Waals surface area (Å²) in [6.07, 6.45) is 7.26. The van der Waals surface area contributed by atoms with Gasteiger partial charge in [0.05, 0.1) is 12.0 Å². The van der Waals surface area contributed by atoms with Crippen molar-refractivity contribution in [2.45, 2.75) is 40.0 Å². The van der Waals surface area contributed by atoms with Crippen LogP contribution < -0.4 is 0 Å². The minimum atomic E-state index is 0.426. The van der Waals surface area contributed by atoms with E-state index in [4.69, 9.17) is 0 Å². The van der Waals surface area contributed by atoms with Crippen LogP contribution in [0.1, 0.15) is 39.3 Å². The monoisotopic (exact) mass is 166 g/mol. The van der Waals surface area contributed by atoms with Gasteiger partial charge in [0.1, 0.15) is 0 Å². The highest BCUT2D eigenvalue weighted by atomic mass is 14.9. The number of aromatic nitrogens is 2. The molecule has 2 heteroatoms. The van der Waals surface area contributed by atoms with E-state index in [0.717, 1.165) is 6.42 Å². The normalized spacial score (nSPS) is 11.9. The van der Waals surface area contributed by atoms with E-state index >= 15 is 0 Å². The summed E-state index contributed by atoms with van der Waals surface area (Å²) in [6.45, 7) is 6.81. The molecule has 1 aromatic heterocycles. The lowest BCUT2D eigenvalue weighted by molar-refractivity contribution is 0.293. The van der Waals surface area contributed by atoms with E-state index in [-0.39, 0.29) is 0 Å². The zero-order chi connectivity index (χ0) is 9.03. The SMILES string of the molecule is CCC(C)(CC)Cc1c[nH]cn1. The van der Waals surface area contributed by atoms with Gasteiger partial charge in [0.2, 0.25) is 0 Å². The summed E-state index contributed by atoms with van der Waals surface area (Å²) >= 11 is 0. The standard InChI is InChI=1S/C10H18N2/c1-4-10(3,5-2)6-9-7-11-8-12-9/h7-8H,4-6H2,1-3H3,(H,11,12). The third kappa shape index (κ3) is 2.10. The molecule has 1 N–H and O–H groups in total. The smallest absolute Gasteiger partial charge is 0.0923 e. The summed E-state index contributed by atoms with van der Waals surface area (Å²) in [6, 6.07) is 0. The molecular weight excluding hydrogens is 148 g/mol. The van der Waals surface area contributed by atoms with Crippen molar-refractivity contribution < 1.29 is 0 Å². The van der Waals surface area contributed by atoms with Crippen molar-refractivity contribution in [2.75, 3.05) is 0 Å². The predicted octanol–water partition coefficient (Wildman–Crippen LogP) is 2.78. The molecule has 1 aromatic rings. The van der Waals surface area contributed by atoms with Crippen LogP contribution in [0.3, 0.4) is 0 Å². The molecule has 0 aliphatic heterocycles. The molecule has 0 amide bonds. The van der Waals surface area contributed by atoms with Crippen LogP contribution in [0.4, 0.5) is 0 Å². The second-order valence-corrected chi connectivity index (χ2v) is 3.76. The zero-order valence-electron chi connectivity index (χ0n) is 8.22. The van der Waals surface area contributed by atoms with E-state index in [0.29, 0.717) is 5.41 Å². The fourth-order valence-corrected chi connectivity index (χ4v) is 1.32. The number of hydrogen-bond acceptors (Lipinski definition) is 1. The number of nitrogens with zero attached hydrogens (tertiary/aromatic N) is 1. The number of hydrogen-bond donors (Lipinski definition) is 1. The fraction of sp³-hybridized carbons (Fsp3) is 0.700. The Balaban J connectivity index is 2.60. The second kappa shape index (κ2) is 3.74. The zero-order valence-corrected chi connectivity index (χ0v) is 8.22. The van der Waals surface area contributed by atoms with Gasteiger partial charge in [-0.3, -0.25) is 0 Å². The molecule has 0 atom stereocenters. The van der Waals surface area contributed by atoms with Crippen molar-refractivity contribution in [3.8, 4) is 0 Å². The van der Waals surface area contributed by atoms with Crippen LogP contribution in [0.5, 0.6) is 0 Å². The molecule has 0 radical (unpaired) electrons. The maximum absolute atomic E-state index is 4.24. The first kappa shape index (κ1) is 9.30. The van der Waals surface area contributed by atoms with Crippen LogP contribution in [-0.4, -0.2) is 9.97 Å². The highest BCUT2D eigenvalue weighted by Gasteiger charge is 2.20. The number of imidazole rings is 1. The molecule has 1 heterocycles. The maximum Gasteiger partial charge on any atom is 0.0923 e. The van der Waals surface area contributed by atoms with Crippen molar-refractivity contribution in [1.29, 1.82) is 0 Å². The van der Waals surface area contributed by atoms with E-state index in [1.165, 1.54) is 18.5 Å². The van der Waals surface area contributed by atoms with Gasteiger partial charge in [0.15, 0.2) is 0 Å². The van der Waals surface area contributed by atoms with Gasteiger partial charge in [-0.05, 0) is 11.8 Å². The van der Waals surface area contributed by atoms with Crippen LogP contribution in [0.25, 0.3) is 0 Å². The van der Waals surface area contributed by atoms with E-state index in [2.05, 4.69) is 30.7 Å². The summed E-state index contributed by atoms with van der Waals surface area (Å²) in [5.74, 6) is 0. The maximum atomic E-state index is 4.24. The summed E-state index contributed by atoms with van der Waals surface area (Å²) in [4.78, 5) is 7.23. The molecule has 0 spiro atoms. The molecule has 0 saturated carbocycles. The van der Waals surface area contributed by atoms with Gasteiger partial charge in [0, 0.05) is 6.20 Å². The molecule has 2 nitrogen and oxygen atoms in total. The highest BCUT2D eigenvalue weighted by molar-refractivity contribution is 4.98. The average molecular weight is 166 g/mol. The van der Waals surface area contributed by atoms with Gasteiger partial charge in [0.25, 0.3) is 0 Å². The first-order valence-corrected chi connectivity index (χ1v) is 4.68. The van der Waals surface area contributed by atoms with E-state index in [1.807, 2.05) is 6.20 Å². The quantitative estimate of drug-likeness (QED) is 0.732. The van der Waals surface area contributed by atoms with Crippen LogP contribution in [0, 0.1) is 5.41 Å². The molecule has 12 heavy (non-hydrogen) atoms. The van der Waals surface area contributed by atoms with Gasteiger partial charge >= 0.3 is 0 Å². The van der Waals surface area contributed by atoms with Crippen LogP contribution >= 0.6 is 0 Å². The summed E-state index contributed by atoms with van der Waals surface area (Å²) < 4.78 is 0. The van der Waals surface area contributed by atoms with Gasteiger partial charge in [-0.2, -0.15) is 0 Å². The molecule has 0 fully saturated rings. The summed E-state index contributed by atoms with van der Waals surface area (Å²) in [5, 5.41) is 0. The van der Waals surface area contributed by atoms with Gasteiger partial charge < -0.3 is 4.98 Å². The Labute approximate surface area is 74.4 Å². The molecule has 0 aliphatic rings. The number of nitrogens with one attached hydrogen (secondary N) is 1. The number of H-pyrrole nitrogens is 1. The lowest BCUT2D eigenvalue weighted by Crippen LogP contribution is -2.17. The Morgan fingerprint density at radius 3 is 2.50 bits per heavy atom. The third-order valence-electron chi connectivity index (χ3n) is 2.87. The molecule has 0 saturated heterocycles. The Morgan fingerprint density at radius 2 is 2.08 bits per heavy atom. The van der Waals surface area contributed by atoms with Gasteiger partial charge in [-0.25, -0.2) is 4.98 Å². The minimum absolute atomic E-state index is 0.426. The van der Waals surface area contributed by atoms with Gasteiger partial charge in [-0.1, -0.05) is 33.6 Å². The Hall–Kier alpha value is -0.790. The number of rotatable bonds is 4. The van der Waals surface area contributed by atoms with Crippen molar-refractivity contribution >= 4 is 0 Å². The molecule has 0 bridgehead atoms. The first-order chi connectivity index (χ1) is 5.70. The Morgan fingerprint density at radius 1 is 1.42 bits per heavy atom. The molecule has 68 valence electrons. The van der Waals surface area contributed by atoms with E-state index < -0.39 is 0 Å². The third-order valence-corrected chi connectivity index (χ3v) is 2.87. The molecule has 0 unspecified atom stereocenters. The fourth-order valence-electron chi connectivity index (χ4n) is 1.32. The molecule has 0 aliphatic carbocycles. The lowest BCUT2D eigenvalue weighted by Gasteiger charge is -2.25.